The summed E-state index contributed by atoms with van der Waals surface area (Å²) in [6.07, 6.45) is 0. The summed E-state index contributed by atoms with van der Waals surface area (Å²) in [6, 6.07) is 7.71. The van der Waals surface area contributed by atoms with Gasteiger partial charge < -0.3 is 0 Å². The van der Waals surface area contributed by atoms with Crippen LogP contribution < -0.4 is 0 Å². The molecule has 2 rings (SSSR count). The van der Waals surface area contributed by atoms with Crippen molar-refractivity contribution in [3.8, 4) is 0 Å². The smallest absolute Gasteiger partial charge is 0.281 e. The molecule has 2 aromatic carbocycles. The number of hydrogen-bond acceptors (Lipinski definition) is 3. The molecular weight excluding hydrogens is 430 g/mol. The molecule has 0 spiro atoms. The van der Waals surface area contributed by atoms with Crippen molar-refractivity contribution < 1.29 is 39.3 Å². The van der Waals surface area contributed by atoms with Gasteiger partial charge in [0, 0.05) is 16.0 Å². The van der Waals surface area contributed by atoms with Crippen LogP contribution in [0, 0.1) is 13.8 Å². The standard InChI is InChI=1S/C17H14F6O3S2/c1-10-3-6-12(7-4-10)15(18,19)13-8-5-11(2)14(9-13)27-16(20,21)17(22,23)28(24,25)26/h3-9H,1-2H3,(H,24,25,26). The highest BCUT2D eigenvalue weighted by molar-refractivity contribution is 8.01. The summed E-state index contributed by atoms with van der Waals surface area (Å²) in [7, 11) is -6.43. The monoisotopic (exact) mass is 444 g/mol. The zero-order valence-electron chi connectivity index (χ0n) is 14.4. The van der Waals surface area contributed by atoms with Gasteiger partial charge in [-0.1, -0.05) is 42.0 Å². The summed E-state index contributed by atoms with van der Waals surface area (Å²) in [5.74, 6) is -3.61. The Hall–Kier alpha value is -1.72. The highest BCUT2D eigenvalue weighted by Gasteiger charge is 2.66. The largest absolute Gasteiger partial charge is 0.442 e. The van der Waals surface area contributed by atoms with Gasteiger partial charge in [-0.3, -0.25) is 4.55 Å². The van der Waals surface area contributed by atoms with Gasteiger partial charge in [0.1, 0.15) is 0 Å². The van der Waals surface area contributed by atoms with Gasteiger partial charge in [0.25, 0.3) is 5.92 Å². The third-order valence-electron chi connectivity index (χ3n) is 3.87. The minimum absolute atomic E-state index is 0.0562. The summed E-state index contributed by atoms with van der Waals surface area (Å²) >= 11 is -0.922. The Balaban J connectivity index is 2.47. The van der Waals surface area contributed by atoms with Crippen LogP contribution in [-0.4, -0.2) is 23.5 Å². The maximum absolute atomic E-state index is 14.7. The molecule has 0 saturated carbocycles. The molecule has 0 radical (unpaired) electrons. The predicted octanol–water partition coefficient (Wildman–Crippen LogP) is 5.61. The molecular formula is C17H14F6O3S2. The van der Waals surface area contributed by atoms with Gasteiger partial charge in [-0.25, -0.2) is 0 Å². The zero-order chi connectivity index (χ0) is 21.5. The van der Waals surface area contributed by atoms with Crippen LogP contribution in [0.15, 0.2) is 47.4 Å². The number of alkyl halides is 6. The van der Waals surface area contributed by atoms with E-state index >= 15 is 0 Å². The molecule has 11 heteroatoms. The van der Waals surface area contributed by atoms with E-state index in [1.165, 1.54) is 19.1 Å². The Bertz CT molecular complexity index is 973. The lowest BCUT2D eigenvalue weighted by atomic mass is 9.98. The molecule has 0 aliphatic rings. The molecule has 0 heterocycles. The van der Waals surface area contributed by atoms with Crippen molar-refractivity contribution in [3.63, 3.8) is 0 Å². The van der Waals surface area contributed by atoms with Crippen LogP contribution in [0.3, 0.4) is 0 Å². The highest BCUT2D eigenvalue weighted by Crippen LogP contribution is 2.50. The molecule has 3 nitrogen and oxygen atoms in total. The van der Waals surface area contributed by atoms with Crippen molar-refractivity contribution in [2.75, 3.05) is 0 Å². The molecule has 0 saturated heterocycles. The lowest BCUT2D eigenvalue weighted by molar-refractivity contribution is -0.0946. The fourth-order valence-electron chi connectivity index (χ4n) is 2.18. The van der Waals surface area contributed by atoms with Gasteiger partial charge >= 0.3 is 20.6 Å². The van der Waals surface area contributed by atoms with Gasteiger partial charge in [0.2, 0.25) is 0 Å². The Morgan fingerprint density at radius 2 is 1.36 bits per heavy atom. The number of aryl methyl sites for hydroxylation is 2. The third-order valence-corrected chi connectivity index (χ3v) is 6.07. The summed E-state index contributed by atoms with van der Waals surface area (Å²) < 4.78 is 114. The second-order valence-corrected chi connectivity index (χ2v) is 8.65. The lowest BCUT2D eigenvalue weighted by Gasteiger charge is -2.24. The van der Waals surface area contributed by atoms with Crippen LogP contribution in [0.2, 0.25) is 0 Å². The molecule has 28 heavy (non-hydrogen) atoms. The van der Waals surface area contributed by atoms with Crippen molar-refractivity contribution >= 4 is 21.9 Å². The van der Waals surface area contributed by atoms with E-state index < -0.39 is 54.3 Å². The first-order valence-corrected chi connectivity index (χ1v) is 9.83. The highest BCUT2D eigenvalue weighted by atomic mass is 32.2. The van der Waals surface area contributed by atoms with Gasteiger partial charge in [-0.2, -0.15) is 34.8 Å². The van der Waals surface area contributed by atoms with Crippen molar-refractivity contribution in [2.45, 2.75) is 35.2 Å². The van der Waals surface area contributed by atoms with Gasteiger partial charge in [0.05, 0.1) is 0 Å². The number of rotatable bonds is 6. The quantitative estimate of drug-likeness (QED) is 0.358. The van der Waals surface area contributed by atoms with Gasteiger partial charge in [-0.15, -0.1) is 0 Å². The second kappa shape index (κ2) is 7.27. The minimum atomic E-state index is -6.43. The molecule has 0 aliphatic carbocycles. The Kier molecular flexibility index (Phi) is 5.86. The summed E-state index contributed by atoms with van der Waals surface area (Å²) in [5, 5.41) is -11.1. The van der Waals surface area contributed by atoms with Crippen molar-refractivity contribution in [1.82, 2.24) is 0 Å². The van der Waals surface area contributed by atoms with E-state index in [0.717, 1.165) is 24.3 Å². The predicted molar refractivity (Wildman–Crippen MR) is 92.7 cm³/mol. The van der Waals surface area contributed by atoms with E-state index in [2.05, 4.69) is 0 Å². The van der Waals surface area contributed by atoms with E-state index in [1.54, 1.807) is 6.92 Å². The van der Waals surface area contributed by atoms with Crippen LogP contribution in [0.1, 0.15) is 22.3 Å². The molecule has 0 aliphatic heterocycles. The number of halogens is 6. The maximum atomic E-state index is 14.7. The molecule has 1 N–H and O–H groups in total. The molecule has 0 unspecified atom stereocenters. The third kappa shape index (κ3) is 4.15. The van der Waals surface area contributed by atoms with Crippen molar-refractivity contribution in [1.29, 1.82) is 0 Å². The molecule has 0 aromatic heterocycles. The van der Waals surface area contributed by atoms with Gasteiger partial charge in [-0.05, 0) is 37.2 Å². The van der Waals surface area contributed by atoms with E-state index in [4.69, 9.17) is 4.55 Å². The van der Waals surface area contributed by atoms with Crippen LogP contribution in [0.5, 0.6) is 0 Å². The summed E-state index contributed by atoms with van der Waals surface area (Å²) in [5.41, 5.74) is -0.519. The first-order valence-electron chi connectivity index (χ1n) is 7.57. The first kappa shape index (κ1) is 22.6. The Labute approximate surface area is 161 Å². The summed E-state index contributed by atoms with van der Waals surface area (Å²) in [4.78, 5) is -0.683. The molecule has 0 bridgehead atoms. The Morgan fingerprint density at radius 1 is 0.857 bits per heavy atom. The van der Waals surface area contributed by atoms with Gasteiger partial charge in [0.15, 0.2) is 0 Å². The van der Waals surface area contributed by atoms with Crippen LogP contribution in [-0.2, 0) is 16.0 Å². The second-order valence-electron chi connectivity index (χ2n) is 6.03. The van der Waals surface area contributed by atoms with Crippen molar-refractivity contribution in [3.05, 3.63) is 64.7 Å². The van der Waals surface area contributed by atoms with Crippen molar-refractivity contribution in [2.24, 2.45) is 0 Å². The molecule has 0 fully saturated rings. The van der Waals surface area contributed by atoms with E-state index in [1.807, 2.05) is 0 Å². The summed E-state index contributed by atoms with van der Waals surface area (Å²) in [6.45, 7) is 2.89. The number of benzene rings is 2. The molecule has 154 valence electrons. The van der Waals surface area contributed by atoms with Crippen LogP contribution in [0.4, 0.5) is 26.3 Å². The SMILES string of the molecule is Cc1ccc(C(F)(F)c2ccc(C)c(SC(F)(F)C(F)(F)S(=O)(=O)O)c2)cc1. The molecule has 0 amide bonds. The lowest BCUT2D eigenvalue weighted by Crippen LogP contribution is -2.44. The average Bonchev–Trinajstić information content (AvgIpc) is 2.55. The fourth-order valence-corrected chi connectivity index (χ4v) is 3.73. The maximum Gasteiger partial charge on any atom is 0.442 e. The average molecular weight is 444 g/mol. The van der Waals surface area contributed by atoms with E-state index in [-0.39, 0.29) is 5.56 Å². The zero-order valence-corrected chi connectivity index (χ0v) is 16.0. The van der Waals surface area contributed by atoms with E-state index in [0.29, 0.717) is 11.6 Å². The first-order chi connectivity index (χ1) is 12.6. The van der Waals surface area contributed by atoms with E-state index in [9.17, 15) is 34.8 Å². The minimum Gasteiger partial charge on any atom is -0.281 e. The number of thioether (sulfide) groups is 1. The normalized spacial score (nSPS) is 13.6. The number of hydrogen-bond donors (Lipinski definition) is 1. The van der Waals surface area contributed by atoms with Crippen LogP contribution >= 0.6 is 11.8 Å². The topological polar surface area (TPSA) is 54.4 Å². The Morgan fingerprint density at radius 3 is 1.86 bits per heavy atom. The van der Waals surface area contributed by atoms with Crippen LogP contribution in [0.25, 0.3) is 0 Å². The molecule has 0 atom stereocenters. The molecule has 2 aromatic rings. The fraction of sp³-hybridized carbons (Fsp3) is 0.294.